The van der Waals surface area contributed by atoms with Crippen LogP contribution in [-0.4, -0.2) is 28.9 Å². The van der Waals surface area contributed by atoms with Gasteiger partial charge >= 0.3 is 5.97 Å². The molecule has 0 aliphatic heterocycles. The predicted octanol–water partition coefficient (Wildman–Crippen LogP) is 3.82. The molecule has 1 aliphatic rings. The number of nitrogens with zero attached hydrogens (tertiary/aromatic N) is 1. The van der Waals surface area contributed by atoms with Crippen LogP contribution in [0.2, 0.25) is 0 Å². The second-order valence-electron chi connectivity index (χ2n) is 7.16. The number of fused-ring (bicyclic) bond motifs is 2. The average molecular weight is 363 g/mol. The van der Waals surface area contributed by atoms with Crippen molar-refractivity contribution in [2.24, 2.45) is 0 Å². The number of amides is 1. The first-order chi connectivity index (χ1) is 13.0. The zero-order chi connectivity index (χ0) is 19.0. The molecule has 0 spiro atoms. The van der Waals surface area contributed by atoms with Gasteiger partial charge in [-0.05, 0) is 60.2 Å². The summed E-state index contributed by atoms with van der Waals surface area (Å²) in [4.78, 5) is 25.2. The minimum absolute atomic E-state index is 0.000472. The fourth-order valence-corrected chi connectivity index (χ4v) is 3.70. The van der Waals surface area contributed by atoms with Gasteiger partial charge in [-0.1, -0.05) is 12.1 Å². The molecule has 0 radical (unpaired) electrons. The number of aromatic carboxylic acids is 1. The van der Waals surface area contributed by atoms with Crippen LogP contribution in [0.3, 0.4) is 0 Å². The number of benzene rings is 2. The van der Waals surface area contributed by atoms with E-state index in [1.165, 1.54) is 17.5 Å². The first-order valence-electron chi connectivity index (χ1n) is 9.09. The van der Waals surface area contributed by atoms with Crippen molar-refractivity contribution in [2.75, 3.05) is 7.05 Å². The van der Waals surface area contributed by atoms with Crippen LogP contribution >= 0.6 is 0 Å². The van der Waals surface area contributed by atoms with Crippen molar-refractivity contribution < 1.29 is 19.1 Å². The number of carbonyl (C=O) groups is 2. The number of rotatable bonds is 5. The molecule has 3 aromatic rings. The fourth-order valence-electron chi connectivity index (χ4n) is 3.70. The molecule has 0 fully saturated rings. The van der Waals surface area contributed by atoms with E-state index in [1.807, 2.05) is 0 Å². The highest BCUT2D eigenvalue weighted by atomic mass is 16.4. The zero-order valence-electron chi connectivity index (χ0n) is 15.2. The number of furan rings is 1. The Morgan fingerprint density at radius 1 is 1.11 bits per heavy atom. The van der Waals surface area contributed by atoms with Crippen LogP contribution in [0.25, 0.3) is 11.0 Å². The Bertz CT molecular complexity index is 1020. The van der Waals surface area contributed by atoms with Crippen molar-refractivity contribution in [1.82, 2.24) is 4.90 Å². The van der Waals surface area contributed by atoms with E-state index < -0.39 is 5.97 Å². The number of likely N-dealkylation sites (N-methyl/N-ethyl adjacent to an activating group) is 1. The second kappa shape index (κ2) is 6.91. The zero-order valence-corrected chi connectivity index (χ0v) is 15.2. The van der Waals surface area contributed by atoms with E-state index >= 15 is 0 Å². The third-order valence-corrected chi connectivity index (χ3v) is 5.26. The van der Waals surface area contributed by atoms with Crippen molar-refractivity contribution in [3.63, 3.8) is 0 Å². The summed E-state index contributed by atoms with van der Waals surface area (Å²) in [6.45, 7) is 0.434. The van der Waals surface area contributed by atoms with E-state index in [4.69, 9.17) is 9.52 Å². The van der Waals surface area contributed by atoms with Crippen LogP contribution < -0.4 is 0 Å². The Hall–Kier alpha value is -3.08. The van der Waals surface area contributed by atoms with Crippen LogP contribution in [0.5, 0.6) is 0 Å². The lowest BCUT2D eigenvalue weighted by Crippen LogP contribution is -2.27. The largest absolute Gasteiger partial charge is 0.478 e. The summed E-state index contributed by atoms with van der Waals surface area (Å²) in [5.41, 5.74) is 5.63. The lowest BCUT2D eigenvalue weighted by molar-refractivity contribution is -0.129. The Balaban J connectivity index is 1.47. The Labute approximate surface area is 157 Å². The molecule has 1 aliphatic carbocycles. The smallest absolute Gasteiger partial charge is 0.335 e. The normalized spacial score (nSPS) is 12.9. The van der Waals surface area contributed by atoms with Crippen LogP contribution in [-0.2, 0) is 30.6 Å². The van der Waals surface area contributed by atoms with Gasteiger partial charge in [0.25, 0.3) is 0 Å². The lowest BCUT2D eigenvalue weighted by atomic mass is 10.0. The standard InChI is InChI=1S/C22H21NO4/c1-23(12-14-5-7-15(8-6-14)22(25)26)21(24)11-18-13-27-20-10-17-4-2-3-16(17)9-19(18)20/h5-10,13H,2-4,11-12H2,1H3,(H,25,26). The van der Waals surface area contributed by atoms with E-state index in [0.29, 0.717) is 6.54 Å². The number of hydrogen-bond donors (Lipinski definition) is 1. The number of carboxylic acid groups (broad SMARTS) is 1. The van der Waals surface area contributed by atoms with E-state index in [1.54, 1.807) is 42.5 Å². The molecule has 138 valence electrons. The molecule has 1 N–H and O–H groups in total. The van der Waals surface area contributed by atoms with Crippen molar-refractivity contribution >= 4 is 22.8 Å². The highest BCUT2D eigenvalue weighted by molar-refractivity contribution is 5.89. The number of carboxylic acids is 1. The third-order valence-electron chi connectivity index (χ3n) is 5.26. The van der Waals surface area contributed by atoms with Crippen molar-refractivity contribution in [3.8, 4) is 0 Å². The van der Waals surface area contributed by atoms with Crippen molar-refractivity contribution in [3.05, 3.63) is 70.5 Å². The molecule has 0 saturated carbocycles. The van der Waals surface area contributed by atoms with Gasteiger partial charge in [-0.15, -0.1) is 0 Å². The van der Waals surface area contributed by atoms with Crippen LogP contribution in [0, 0.1) is 0 Å². The highest BCUT2D eigenvalue weighted by Crippen LogP contribution is 2.30. The molecule has 2 aromatic carbocycles. The summed E-state index contributed by atoms with van der Waals surface area (Å²) in [6, 6.07) is 10.9. The molecule has 4 rings (SSSR count). The minimum atomic E-state index is -0.954. The molecule has 27 heavy (non-hydrogen) atoms. The van der Waals surface area contributed by atoms with Gasteiger partial charge in [0.15, 0.2) is 0 Å². The number of carbonyl (C=O) groups excluding carboxylic acids is 1. The van der Waals surface area contributed by atoms with E-state index in [0.717, 1.165) is 34.9 Å². The van der Waals surface area contributed by atoms with Gasteiger partial charge in [0.2, 0.25) is 5.91 Å². The van der Waals surface area contributed by atoms with Gasteiger partial charge in [0.1, 0.15) is 5.58 Å². The maximum Gasteiger partial charge on any atom is 0.335 e. The molecule has 0 saturated heterocycles. The summed E-state index contributed by atoms with van der Waals surface area (Å²) in [7, 11) is 1.76. The highest BCUT2D eigenvalue weighted by Gasteiger charge is 2.18. The molecular weight excluding hydrogens is 342 g/mol. The van der Waals surface area contributed by atoms with Crippen molar-refractivity contribution in [1.29, 1.82) is 0 Å². The maximum absolute atomic E-state index is 12.7. The van der Waals surface area contributed by atoms with Gasteiger partial charge in [-0.3, -0.25) is 4.79 Å². The van der Waals surface area contributed by atoms with Crippen LogP contribution in [0.15, 0.2) is 47.1 Å². The maximum atomic E-state index is 12.7. The monoisotopic (exact) mass is 363 g/mol. The summed E-state index contributed by atoms with van der Waals surface area (Å²) in [5, 5.41) is 9.99. The van der Waals surface area contributed by atoms with Crippen molar-refractivity contribution in [2.45, 2.75) is 32.2 Å². The quantitative estimate of drug-likeness (QED) is 0.748. The summed E-state index contributed by atoms with van der Waals surface area (Å²) in [6.07, 6.45) is 5.35. The summed E-state index contributed by atoms with van der Waals surface area (Å²) < 4.78 is 5.68. The summed E-state index contributed by atoms with van der Waals surface area (Å²) >= 11 is 0. The topological polar surface area (TPSA) is 70.8 Å². The number of hydrogen-bond acceptors (Lipinski definition) is 3. The molecule has 1 aromatic heterocycles. The molecule has 5 heteroatoms. The van der Waals surface area contributed by atoms with E-state index in [9.17, 15) is 9.59 Å². The first kappa shape index (κ1) is 17.3. The molecule has 1 amide bonds. The molecule has 1 heterocycles. The lowest BCUT2D eigenvalue weighted by Gasteiger charge is -2.17. The summed E-state index contributed by atoms with van der Waals surface area (Å²) in [5.74, 6) is -0.954. The van der Waals surface area contributed by atoms with E-state index in [-0.39, 0.29) is 17.9 Å². The van der Waals surface area contributed by atoms with Gasteiger partial charge in [-0.25, -0.2) is 4.79 Å². The second-order valence-corrected chi connectivity index (χ2v) is 7.16. The minimum Gasteiger partial charge on any atom is -0.478 e. The molecule has 0 atom stereocenters. The molecular formula is C22H21NO4. The predicted molar refractivity (Wildman–Crippen MR) is 102 cm³/mol. The third kappa shape index (κ3) is 3.45. The Kier molecular flexibility index (Phi) is 4.44. The Morgan fingerprint density at radius 3 is 2.52 bits per heavy atom. The fraction of sp³-hybridized carbons (Fsp3) is 0.273. The van der Waals surface area contributed by atoms with E-state index in [2.05, 4.69) is 12.1 Å². The average Bonchev–Trinajstić information content (AvgIpc) is 3.26. The first-order valence-corrected chi connectivity index (χ1v) is 9.09. The molecule has 5 nitrogen and oxygen atoms in total. The SMILES string of the molecule is CN(Cc1ccc(C(=O)O)cc1)C(=O)Cc1coc2cc3c(cc12)CCC3. The van der Waals surface area contributed by atoms with Gasteiger partial charge in [0.05, 0.1) is 18.2 Å². The number of aryl methyl sites for hydroxylation is 2. The van der Waals surface area contributed by atoms with Gasteiger partial charge in [-0.2, -0.15) is 0 Å². The molecule has 0 bridgehead atoms. The van der Waals surface area contributed by atoms with Gasteiger partial charge < -0.3 is 14.4 Å². The van der Waals surface area contributed by atoms with Gasteiger partial charge in [0, 0.05) is 24.5 Å². The molecule has 0 unspecified atom stereocenters. The van der Waals surface area contributed by atoms with Crippen LogP contribution in [0.1, 0.15) is 39.0 Å². The van der Waals surface area contributed by atoms with Crippen LogP contribution in [0.4, 0.5) is 0 Å². The Morgan fingerprint density at radius 2 is 1.81 bits per heavy atom.